The Morgan fingerprint density at radius 3 is 2.43 bits per heavy atom. The molecule has 0 spiro atoms. The average molecular weight is 202 g/mol. The van der Waals surface area contributed by atoms with E-state index in [0.29, 0.717) is 13.0 Å². The van der Waals surface area contributed by atoms with Gasteiger partial charge >= 0.3 is 0 Å². The number of amides is 1. The maximum Gasteiger partial charge on any atom is 0.229 e. The van der Waals surface area contributed by atoms with E-state index in [-0.39, 0.29) is 11.1 Å². The summed E-state index contributed by atoms with van der Waals surface area (Å²) in [5, 5.41) is 18.0. The van der Waals surface area contributed by atoms with Crippen LogP contribution in [0.15, 0.2) is 0 Å². The van der Waals surface area contributed by atoms with Crippen molar-refractivity contribution in [2.75, 3.05) is 6.54 Å². The highest BCUT2D eigenvalue weighted by Crippen LogP contribution is 2.25. The van der Waals surface area contributed by atoms with Crippen LogP contribution in [0.5, 0.6) is 0 Å². The van der Waals surface area contributed by atoms with Gasteiger partial charge in [-0.3, -0.25) is 15.2 Å². The smallest absolute Gasteiger partial charge is 0.229 e. The fourth-order valence-corrected chi connectivity index (χ4v) is 1.66. The van der Waals surface area contributed by atoms with Crippen molar-refractivity contribution in [1.82, 2.24) is 10.1 Å². The van der Waals surface area contributed by atoms with Crippen LogP contribution < -0.4 is 0 Å². The summed E-state index contributed by atoms with van der Waals surface area (Å²) in [6.07, 6.45) is 0.834. The quantitative estimate of drug-likeness (QED) is 0.624. The first kappa shape index (κ1) is 11.4. The molecule has 0 bridgehead atoms. The zero-order valence-corrected chi connectivity index (χ0v) is 8.90. The largest absolute Gasteiger partial charge is 0.322 e. The number of hydrogen-bond donors (Lipinski definition) is 2. The molecule has 0 aromatic heterocycles. The van der Waals surface area contributed by atoms with E-state index in [0.717, 1.165) is 6.42 Å². The molecule has 1 fully saturated rings. The lowest BCUT2D eigenvalue weighted by Crippen LogP contribution is -2.48. The summed E-state index contributed by atoms with van der Waals surface area (Å²) in [4.78, 5) is 13.4. The molecule has 0 aliphatic carbocycles. The van der Waals surface area contributed by atoms with Crippen LogP contribution in [-0.2, 0) is 4.79 Å². The van der Waals surface area contributed by atoms with Crippen LogP contribution in [0.25, 0.3) is 0 Å². The van der Waals surface area contributed by atoms with Crippen molar-refractivity contribution in [3.63, 3.8) is 0 Å². The molecule has 82 valence electrons. The molecule has 0 saturated carbocycles. The van der Waals surface area contributed by atoms with Gasteiger partial charge < -0.3 is 4.90 Å². The fraction of sp³-hybridized carbons (Fsp3) is 0.889. The molecule has 1 aliphatic rings. The van der Waals surface area contributed by atoms with E-state index in [1.165, 1.54) is 4.90 Å². The Morgan fingerprint density at radius 2 is 2.00 bits per heavy atom. The molecule has 0 radical (unpaired) electrons. The van der Waals surface area contributed by atoms with Crippen LogP contribution in [0.2, 0.25) is 0 Å². The molecule has 5 nitrogen and oxygen atoms in total. The molecule has 1 amide bonds. The SMILES string of the molecule is CC(C)(C)C(=O)N1CCCC1N(O)O. The van der Waals surface area contributed by atoms with Gasteiger partial charge in [-0.25, -0.2) is 0 Å². The molecule has 5 heteroatoms. The molecule has 1 atom stereocenters. The second-order valence-electron chi connectivity index (χ2n) is 4.69. The van der Waals surface area contributed by atoms with Gasteiger partial charge in [0.1, 0.15) is 6.17 Å². The molecule has 2 N–H and O–H groups in total. The summed E-state index contributed by atoms with van der Waals surface area (Å²) in [6, 6.07) is 0. The highest BCUT2D eigenvalue weighted by molar-refractivity contribution is 5.82. The summed E-state index contributed by atoms with van der Waals surface area (Å²) < 4.78 is 0. The molecule has 1 saturated heterocycles. The van der Waals surface area contributed by atoms with Crippen LogP contribution in [-0.4, -0.2) is 39.2 Å². The highest BCUT2D eigenvalue weighted by Gasteiger charge is 2.37. The van der Waals surface area contributed by atoms with Crippen LogP contribution in [0, 0.1) is 5.41 Å². The lowest BCUT2D eigenvalue weighted by Gasteiger charge is -2.31. The minimum Gasteiger partial charge on any atom is -0.322 e. The molecule has 14 heavy (non-hydrogen) atoms. The molecular weight excluding hydrogens is 184 g/mol. The summed E-state index contributed by atoms with van der Waals surface area (Å²) in [7, 11) is 0. The first-order valence-electron chi connectivity index (χ1n) is 4.82. The minimum atomic E-state index is -0.582. The predicted molar refractivity (Wildman–Crippen MR) is 49.6 cm³/mol. The van der Waals surface area contributed by atoms with Crippen molar-refractivity contribution in [3.8, 4) is 0 Å². The third kappa shape index (κ3) is 2.23. The van der Waals surface area contributed by atoms with E-state index >= 15 is 0 Å². The van der Waals surface area contributed by atoms with Crippen molar-refractivity contribution in [2.45, 2.75) is 39.8 Å². The van der Waals surface area contributed by atoms with Gasteiger partial charge in [0.15, 0.2) is 0 Å². The van der Waals surface area contributed by atoms with Gasteiger partial charge in [0.05, 0.1) is 0 Å². The molecule has 0 aromatic carbocycles. The summed E-state index contributed by atoms with van der Waals surface area (Å²) in [6.45, 7) is 6.07. The summed E-state index contributed by atoms with van der Waals surface area (Å²) in [5.41, 5.74) is -0.474. The van der Waals surface area contributed by atoms with E-state index in [1.807, 2.05) is 20.8 Å². The van der Waals surface area contributed by atoms with Crippen molar-refractivity contribution in [1.29, 1.82) is 0 Å². The van der Waals surface area contributed by atoms with Crippen molar-refractivity contribution >= 4 is 5.91 Å². The average Bonchev–Trinajstić information content (AvgIpc) is 2.48. The van der Waals surface area contributed by atoms with Gasteiger partial charge in [-0.15, -0.1) is 0 Å². The topological polar surface area (TPSA) is 64.0 Å². The van der Waals surface area contributed by atoms with Gasteiger partial charge in [0.25, 0.3) is 0 Å². The molecule has 1 aliphatic heterocycles. The maximum absolute atomic E-state index is 11.9. The zero-order valence-electron chi connectivity index (χ0n) is 8.90. The summed E-state index contributed by atoms with van der Waals surface area (Å²) in [5.74, 6) is -0.0481. The van der Waals surface area contributed by atoms with Crippen LogP contribution in [0.3, 0.4) is 0 Å². The van der Waals surface area contributed by atoms with Gasteiger partial charge in [-0.05, 0) is 18.1 Å². The third-order valence-corrected chi connectivity index (χ3v) is 2.39. The Kier molecular flexibility index (Phi) is 3.14. The van der Waals surface area contributed by atoms with Gasteiger partial charge in [-0.1, -0.05) is 20.8 Å². The lowest BCUT2D eigenvalue weighted by atomic mass is 9.95. The number of hydrogen-bond acceptors (Lipinski definition) is 4. The highest BCUT2D eigenvalue weighted by atomic mass is 16.8. The second-order valence-corrected chi connectivity index (χ2v) is 4.69. The summed E-state index contributed by atoms with van der Waals surface area (Å²) >= 11 is 0. The first-order chi connectivity index (χ1) is 6.34. The Hall–Kier alpha value is -0.650. The first-order valence-corrected chi connectivity index (χ1v) is 4.82. The zero-order chi connectivity index (χ0) is 10.9. The third-order valence-electron chi connectivity index (χ3n) is 2.39. The van der Waals surface area contributed by atoms with Gasteiger partial charge in [0.2, 0.25) is 5.91 Å². The lowest BCUT2D eigenvalue weighted by molar-refractivity contribution is -0.347. The van der Waals surface area contributed by atoms with E-state index in [9.17, 15) is 4.79 Å². The van der Waals surface area contributed by atoms with E-state index in [2.05, 4.69) is 0 Å². The van der Waals surface area contributed by atoms with Crippen molar-refractivity contribution < 1.29 is 15.2 Å². The number of hydroxylamine groups is 2. The number of rotatable bonds is 1. The standard InChI is InChI=1S/C9H18N2O3/c1-9(2,3)8(12)10-6-4-5-7(10)11(13)14/h7,13-14H,4-6H2,1-3H3. The number of carbonyl (C=O) groups excluding carboxylic acids is 1. The fourth-order valence-electron chi connectivity index (χ4n) is 1.66. The Bertz CT molecular complexity index is 223. The van der Waals surface area contributed by atoms with Crippen LogP contribution >= 0.6 is 0 Å². The van der Waals surface area contributed by atoms with Gasteiger partial charge in [0, 0.05) is 12.0 Å². The minimum absolute atomic E-state index is 0.0481. The normalized spacial score (nSPS) is 23.3. The number of likely N-dealkylation sites (tertiary alicyclic amines) is 1. The van der Waals surface area contributed by atoms with Crippen LogP contribution in [0.1, 0.15) is 33.6 Å². The number of carbonyl (C=O) groups is 1. The Balaban J connectivity index is 2.72. The second kappa shape index (κ2) is 3.84. The predicted octanol–water partition coefficient (Wildman–Crippen LogP) is 1.06. The Morgan fingerprint density at radius 1 is 1.43 bits per heavy atom. The van der Waals surface area contributed by atoms with Crippen molar-refractivity contribution in [2.24, 2.45) is 5.41 Å². The monoisotopic (exact) mass is 202 g/mol. The maximum atomic E-state index is 11.9. The molecule has 1 rings (SSSR count). The Labute approximate surface area is 83.8 Å². The van der Waals surface area contributed by atoms with E-state index in [4.69, 9.17) is 10.4 Å². The molecule has 1 unspecified atom stereocenters. The molecular formula is C9H18N2O3. The van der Waals surface area contributed by atoms with Gasteiger partial charge in [-0.2, -0.15) is 0 Å². The molecule has 0 aromatic rings. The van der Waals surface area contributed by atoms with Crippen molar-refractivity contribution in [3.05, 3.63) is 0 Å². The van der Waals surface area contributed by atoms with E-state index in [1.54, 1.807) is 0 Å². The van der Waals surface area contributed by atoms with E-state index < -0.39 is 11.6 Å². The molecule has 1 heterocycles. The van der Waals surface area contributed by atoms with Crippen LogP contribution in [0.4, 0.5) is 0 Å². The number of nitrogens with zero attached hydrogens (tertiary/aromatic N) is 2.